The van der Waals surface area contributed by atoms with Gasteiger partial charge in [0.15, 0.2) is 5.76 Å². The third kappa shape index (κ3) is 3.99. The van der Waals surface area contributed by atoms with Crippen molar-refractivity contribution in [1.29, 1.82) is 0 Å². The number of hydrogen-bond acceptors (Lipinski definition) is 3. The maximum atomic E-state index is 13.9. The highest BCUT2D eigenvalue weighted by Crippen LogP contribution is 2.43. The quantitative estimate of drug-likeness (QED) is 0.331. The van der Waals surface area contributed by atoms with Gasteiger partial charge in [0.1, 0.15) is 0 Å². The summed E-state index contributed by atoms with van der Waals surface area (Å²) in [7, 11) is 0. The molecule has 2 unspecified atom stereocenters. The first-order valence-electron chi connectivity index (χ1n) is 11.1. The molecule has 0 radical (unpaired) electrons. The van der Waals surface area contributed by atoms with Gasteiger partial charge >= 0.3 is 0 Å². The first-order chi connectivity index (χ1) is 16.5. The van der Waals surface area contributed by atoms with Gasteiger partial charge in [-0.25, -0.2) is 0 Å². The molecule has 1 aliphatic rings. The number of nitrogens with zero attached hydrogens (tertiary/aromatic N) is 2. The molecule has 1 aromatic heterocycles. The summed E-state index contributed by atoms with van der Waals surface area (Å²) in [6.45, 7) is 2.00. The molecule has 0 spiro atoms. The lowest BCUT2D eigenvalue weighted by Gasteiger charge is -2.43. The number of furan rings is 1. The molecular weight excluding hydrogens is 448 g/mol. The Bertz CT molecular complexity index is 1300. The van der Waals surface area contributed by atoms with Crippen LogP contribution < -0.4 is 9.80 Å². The van der Waals surface area contributed by atoms with Crippen LogP contribution in [0.3, 0.4) is 0 Å². The third-order valence-electron chi connectivity index (χ3n) is 6.17. The molecule has 2 atom stereocenters. The zero-order valence-electron chi connectivity index (χ0n) is 18.6. The van der Waals surface area contributed by atoms with Gasteiger partial charge in [0.05, 0.1) is 12.3 Å². The van der Waals surface area contributed by atoms with Crippen LogP contribution in [0.2, 0.25) is 5.02 Å². The SMILES string of the molecule is CC1CC(N(C(=O)c2ccc(Cl)cc2)c2ccccc2)c2ccccc2N1C(=O)c1ccco1. The molecule has 5 rings (SSSR count). The van der Waals surface area contributed by atoms with Crippen LogP contribution in [0.15, 0.2) is 102 Å². The number of fused-ring (bicyclic) bond motifs is 1. The van der Waals surface area contributed by atoms with Gasteiger partial charge < -0.3 is 14.2 Å². The Labute approximate surface area is 203 Å². The van der Waals surface area contributed by atoms with E-state index in [1.807, 2.05) is 66.4 Å². The molecule has 3 aromatic carbocycles. The molecule has 0 N–H and O–H groups in total. The second kappa shape index (κ2) is 9.20. The van der Waals surface area contributed by atoms with Crippen molar-refractivity contribution >= 4 is 34.8 Å². The molecule has 6 heteroatoms. The molecule has 1 aliphatic heterocycles. The van der Waals surface area contributed by atoms with Gasteiger partial charge in [-0.15, -0.1) is 0 Å². The Kier molecular flexibility index (Phi) is 5.95. The Morgan fingerprint density at radius 2 is 1.62 bits per heavy atom. The maximum absolute atomic E-state index is 13.9. The summed E-state index contributed by atoms with van der Waals surface area (Å²) in [4.78, 5) is 30.8. The number of carbonyl (C=O) groups excluding carboxylic acids is 2. The number of amides is 2. The average Bonchev–Trinajstić information content (AvgIpc) is 3.40. The van der Waals surface area contributed by atoms with Crippen LogP contribution in [-0.2, 0) is 0 Å². The topological polar surface area (TPSA) is 53.8 Å². The van der Waals surface area contributed by atoms with Crippen molar-refractivity contribution in [3.8, 4) is 0 Å². The second-order valence-electron chi connectivity index (χ2n) is 8.33. The summed E-state index contributed by atoms with van der Waals surface area (Å²) in [6.07, 6.45) is 2.07. The lowest BCUT2D eigenvalue weighted by molar-refractivity contribution is 0.0944. The lowest BCUT2D eigenvalue weighted by atomic mass is 9.89. The smallest absolute Gasteiger partial charge is 0.294 e. The van der Waals surface area contributed by atoms with Crippen LogP contribution in [-0.4, -0.2) is 17.9 Å². The molecular formula is C28H23ClN2O3. The minimum Gasteiger partial charge on any atom is -0.459 e. The van der Waals surface area contributed by atoms with Crippen LogP contribution in [0.1, 0.15) is 45.9 Å². The highest BCUT2D eigenvalue weighted by molar-refractivity contribution is 6.30. The van der Waals surface area contributed by atoms with Gasteiger partial charge in [0, 0.05) is 28.0 Å². The normalized spacial score (nSPS) is 17.2. The van der Waals surface area contributed by atoms with E-state index in [0.717, 1.165) is 16.9 Å². The zero-order chi connectivity index (χ0) is 23.7. The highest BCUT2D eigenvalue weighted by atomic mass is 35.5. The van der Waals surface area contributed by atoms with E-state index in [-0.39, 0.29) is 29.7 Å². The number of benzene rings is 3. The fourth-order valence-electron chi connectivity index (χ4n) is 4.61. The monoisotopic (exact) mass is 470 g/mol. The summed E-state index contributed by atoms with van der Waals surface area (Å²) in [5.41, 5.74) is 3.02. The van der Waals surface area contributed by atoms with Crippen molar-refractivity contribution in [2.75, 3.05) is 9.80 Å². The molecule has 4 aromatic rings. The number of rotatable bonds is 4. The summed E-state index contributed by atoms with van der Waals surface area (Å²) < 4.78 is 5.39. The molecule has 5 nitrogen and oxygen atoms in total. The van der Waals surface area contributed by atoms with Crippen molar-refractivity contribution < 1.29 is 14.0 Å². The number of halogens is 1. The van der Waals surface area contributed by atoms with Gasteiger partial charge in [-0.1, -0.05) is 48.0 Å². The summed E-state index contributed by atoms with van der Waals surface area (Å²) in [6, 6.07) is 27.3. The first-order valence-corrected chi connectivity index (χ1v) is 11.5. The molecule has 0 saturated heterocycles. The van der Waals surface area contributed by atoms with E-state index in [0.29, 0.717) is 17.0 Å². The molecule has 2 heterocycles. The predicted octanol–water partition coefficient (Wildman–Crippen LogP) is 6.76. The van der Waals surface area contributed by atoms with Gasteiger partial charge in [-0.2, -0.15) is 0 Å². The molecule has 170 valence electrons. The lowest BCUT2D eigenvalue weighted by Crippen LogP contribution is -2.47. The second-order valence-corrected chi connectivity index (χ2v) is 8.77. The number of para-hydroxylation sites is 2. The molecule has 0 fully saturated rings. The standard InChI is InChI=1S/C28H23ClN2O3/c1-19-18-25(23-10-5-6-11-24(23)30(19)28(33)26-12-7-17-34-26)31(22-8-3-2-4-9-22)27(32)20-13-15-21(29)16-14-20/h2-17,19,25H,18H2,1H3. The van der Waals surface area contributed by atoms with Crippen LogP contribution in [0.25, 0.3) is 0 Å². The summed E-state index contributed by atoms with van der Waals surface area (Å²) >= 11 is 6.07. The van der Waals surface area contributed by atoms with Gasteiger partial charge in [0.2, 0.25) is 0 Å². The van der Waals surface area contributed by atoms with E-state index in [9.17, 15) is 9.59 Å². The fourth-order valence-corrected chi connectivity index (χ4v) is 4.74. The van der Waals surface area contributed by atoms with E-state index in [2.05, 4.69) is 0 Å². The molecule has 2 amide bonds. The van der Waals surface area contributed by atoms with E-state index in [1.54, 1.807) is 41.3 Å². The van der Waals surface area contributed by atoms with Crippen LogP contribution in [0.4, 0.5) is 11.4 Å². The Hall–Kier alpha value is -3.83. The summed E-state index contributed by atoms with van der Waals surface area (Å²) in [5, 5.41) is 0.575. The molecule has 34 heavy (non-hydrogen) atoms. The van der Waals surface area contributed by atoms with E-state index >= 15 is 0 Å². The Balaban J connectivity index is 1.61. The Morgan fingerprint density at radius 3 is 2.32 bits per heavy atom. The highest BCUT2D eigenvalue weighted by Gasteiger charge is 2.39. The zero-order valence-corrected chi connectivity index (χ0v) is 19.4. The number of anilines is 2. The molecule has 0 saturated carbocycles. The largest absolute Gasteiger partial charge is 0.459 e. The van der Waals surface area contributed by atoms with Crippen molar-refractivity contribution in [2.45, 2.75) is 25.4 Å². The van der Waals surface area contributed by atoms with Gasteiger partial charge in [-0.3, -0.25) is 9.59 Å². The minimum atomic E-state index is -0.266. The van der Waals surface area contributed by atoms with Crippen LogP contribution in [0, 0.1) is 0 Å². The van der Waals surface area contributed by atoms with Crippen molar-refractivity contribution in [3.05, 3.63) is 119 Å². The predicted molar refractivity (Wildman–Crippen MR) is 133 cm³/mol. The number of hydrogen-bond donors (Lipinski definition) is 0. The number of carbonyl (C=O) groups is 2. The fraction of sp³-hybridized carbons (Fsp3) is 0.143. The van der Waals surface area contributed by atoms with Crippen molar-refractivity contribution in [1.82, 2.24) is 0 Å². The minimum absolute atomic E-state index is 0.124. The van der Waals surface area contributed by atoms with Crippen molar-refractivity contribution in [3.63, 3.8) is 0 Å². The first kappa shape index (κ1) is 22.0. The maximum Gasteiger partial charge on any atom is 0.294 e. The van der Waals surface area contributed by atoms with Gasteiger partial charge in [-0.05, 0) is 73.5 Å². The van der Waals surface area contributed by atoms with E-state index < -0.39 is 0 Å². The summed E-state index contributed by atoms with van der Waals surface area (Å²) in [5.74, 6) is -0.0309. The molecule has 0 aliphatic carbocycles. The van der Waals surface area contributed by atoms with E-state index in [4.69, 9.17) is 16.0 Å². The average molecular weight is 471 g/mol. The van der Waals surface area contributed by atoms with Gasteiger partial charge in [0.25, 0.3) is 11.8 Å². The third-order valence-corrected chi connectivity index (χ3v) is 6.42. The van der Waals surface area contributed by atoms with Crippen molar-refractivity contribution in [2.24, 2.45) is 0 Å². The van der Waals surface area contributed by atoms with E-state index in [1.165, 1.54) is 6.26 Å². The van der Waals surface area contributed by atoms with Crippen LogP contribution in [0.5, 0.6) is 0 Å². The Morgan fingerprint density at radius 1 is 0.912 bits per heavy atom. The molecule has 0 bridgehead atoms. The van der Waals surface area contributed by atoms with Crippen LogP contribution >= 0.6 is 11.6 Å².